The van der Waals surface area contributed by atoms with Crippen LogP contribution < -0.4 is 14.8 Å². The molecule has 124 valence electrons. The zero-order chi connectivity index (χ0) is 17.4. The Balaban J connectivity index is 1.85. The average molecular weight is 415 g/mol. The molecule has 0 unspecified atom stereocenters. The number of halogens is 1. The highest BCUT2D eigenvalue weighted by atomic mass is 79.9. The predicted molar refractivity (Wildman–Crippen MR) is 99.8 cm³/mol. The van der Waals surface area contributed by atoms with Crippen LogP contribution in [0.2, 0.25) is 0 Å². The lowest BCUT2D eigenvalue weighted by atomic mass is 10.2. The summed E-state index contributed by atoms with van der Waals surface area (Å²) in [6.07, 6.45) is 5.13. The van der Waals surface area contributed by atoms with Gasteiger partial charge in [0.2, 0.25) is 4.96 Å². The van der Waals surface area contributed by atoms with E-state index in [0.29, 0.717) is 21.1 Å². The molecule has 0 saturated carbocycles. The van der Waals surface area contributed by atoms with Gasteiger partial charge in [-0.2, -0.15) is 9.50 Å². The van der Waals surface area contributed by atoms with Gasteiger partial charge in [0, 0.05) is 28.0 Å². The van der Waals surface area contributed by atoms with Crippen molar-refractivity contribution in [1.82, 2.24) is 19.6 Å². The molecule has 6 nitrogen and oxygen atoms in total. The minimum Gasteiger partial charge on any atom is -0.496 e. The number of aromatic nitrogens is 4. The van der Waals surface area contributed by atoms with Gasteiger partial charge in [-0.05, 0) is 36.4 Å². The first-order valence-electron chi connectivity index (χ1n) is 7.31. The summed E-state index contributed by atoms with van der Waals surface area (Å²) in [7, 11) is 1.60. The Kier molecular flexibility index (Phi) is 4.06. The number of benzene rings is 1. The summed E-state index contributed by atoms with van der Waals surface area (Å²) < 4.78 is 8.14. The normalized spacial score (nSPS) is 12.0. The maximum atomic E-state index is 12.6. The molecule has 0 aliphatic rings. The minimum atomic E-state index is -0.199. The van der Waals surface area contributed by atoms with Crippen molar-refractivity contribution >= 4 is 38.3 Å². The molecular formula is C17H11BrN4O2S. The van der Waals surface area contributed by atoms with E-state index in [-0.39, 0.29) is 5.56 Å². The van der Waals surface area contributed by atoms with Gasteiger partial charge >= 0.3 is 0 Å². The van der Waals surface area contributed by atoms with Gasteiger partial charge in [0.25, 0.3) is 5.56 Å². The molecule has 0 aliphatic heterocycles. The van der Waals surface area contributed by atoms with Crippen molar-refractivity contribution in [3.05, 3.63) is 67.6 Å². The fourth-order valence-electron chi connectivity index (χ4n) is 2.42. The summed E-state index contributed by atoms with van der Waals surface area (Å²) in [5.41, 5.74) is 1.44. The lowest BCUT2D eigenvalue weighted by molar-refractivity contribution is 0.414. The van der Waals surface area contributed by atoms with Crippen LogP contribution in [0.3, 0.4) is 0 Å². The first-order valence-corrected chi connectivity index (χ1v) is 8.92. The molecule has 4 rings (SSSR count). The molecule has 0 N–H and O–H groups in total. The largest absolute Gasteiger partial charge is 0.496 e. The molecule has 4 aromatic rings. The summed E-state index contributed by atoms with van der Waals surface area (Å²) in [6.45, 7) is 0. The van der Waals surface area contributed by atoms with Gasteiger partial charge in [0.15, 0.2) is 5.82 Å². The highest BCUT2D eigenvalue weighted by Crippen LogP contribution is 2.23. The fraction of sp³-hybridized carbons (Fsp3) is 0.0588. The lowest BCUT2D eigenvalue weighted by Gasteiger charge is -2.04. The molecule has 0 spiro atoms. The van der Waals surface area contributed by atoms with Crippen molar-refractivity contribution in [3.63, 3.8) is 0 Å². The van der Waals surface area contributed by atoms with Crippen molar-refractivity contribution < 1.29 is 4.74 Å². The highest BCUT2D eigenvalue weighted by molar-refractivity contribution is 9.10. The Morgan fingerprint density at radius 2 is 2.04 bits per heavy atom. The van der Waals surface area contributed by atoms with E-state index in [4.69, 9.17) is 4.74 Å². The van der Waals surface area contributed by atoms with Gasteiger partial charge in [0.1, 0.15) is 5.75 Å². The molecule has 3 aromatic heterocycles. The lowest BCUT2D eigenvalue weighted by Crippen LogP contribution is -2.23. The van der Waals surface area contributed by atoms with Crippen LogP contribution in [0.25, 0.3) is 22.4 Å². The van der Waals surface area contributed by atoms with Crippen molar-refractivity contribution in [2.45, 2.75) is 0 Å². The van der Waals surface area contributed by atoms with E-state index >= 15 is 0 Å². The molecule has 0 aliphatic carbocycles. The Morgan fingerprint density at radius 3 is 2.76 bits per heavy atom. The minimum absolute atomic E-state index is 0.199. The molecule has 0 atom stereocenters. The Morgan fingerprint density at radius 1 is 1.24 bits per heavy atom. The van der Waals surface area contributed by atoms with E-state index < -0.39 is 0 Å². The van der Waals surface area contributed by atoms with Crippen LogP contribution in [0.1, 0.15) is 5.56 Å². The van der Waals surface area contributed by atoms with E-state index in [1.807, 2.05) is 30.3 Å². The van der Waals surface area contributed by atoms with E-state index in [9.17, 15) is 4.79 Å². The third-order valence-electron chi connectivity index (χ3n) is 3.60. The number of fused-ring (bicyclic) bond motifs is 1. The summed E-state index contributed by atoms with van der Waals surface area (Å²) in [5, 5.41) is 4.32. The standard InChI is InChI=1S/C17H11BrN4O2S/c1-24-13-3-2-12(18)8-11(13)9-14-16(23)22-17(25-14)20-15(21-22)10-4-6-19-7-5-10/h2-9H,1H3/b14-9-. The van der Waals surface area contributed by atoms with Crippen LogP contribution in [0.5, 0.6) is 5.75 Å². The van der Waals surface area contributed by atoms with Gasteiger partial charge in [0.05, 0.1) is 11.6 Å². The van der Waals surface area contributed by atoms with Gasteiger partial charge in [-0.1, -0.05) is 27.3 Å². The van der Waals surface area contributed by atoms with Crippen molar-refractivity contribution in [1.29, 1.82) is 0 Å². The Bertz CT molecular complexity index is 1170. The maximum absolute atomic E-state index is 12.6. The Hall–Kier alpha value is -2.58. The second-order valence-electron chi connectivity index (χ2n) is 5.17. The first-order chi connectivity index (χ1) is 12.2. The fourth-order valence-corrected chi connectivity index (χ4v) is 3.69. The maximum Gasteiger partial charge on any atom is 0.291 e. The smallest absolute Gasteiger partial charge is 0.291 e. The summed E-state index contributed by atoms with van der Waals surface area (Å²) >= 11 is 4.73. The second kappa shape index (κ2) is 6.38. The van der Waals surface area contributed by atoms with Crippen LogP contribution in [0.15, 0.2) is 52.0 Å². The molecule has 0 amide bonds. The van der Waals surface area contributed by atoms with Crippen molar-refractivity contribution in [2.24, 2.45) is 0 Å². The van der Waals surface area contributed by atoms with Gasteiger partial charge in [-0.15, -0.1) is 5.10 Å². The van der Waals surface area contributed by atoms with Gasteiger partial charge < -0.3 is 4.74 Å². The summed E-state index contributed by atoms with van der Waals surface area (Å²) in [4.78, 5) is 21.6. The number of thiazole rings is 1. The van der Waals surface area contributed by atoms with Crippen LogP contribution in [0, 0.1) is 0 Å². The van der Waals surface area contributed by atoms with Crippen LogP contribution in [-0.4, -0.2) is 26.7 Å². The molecule has 3 heterocycles. The van der Waals surface area contributed by atoms with E-state index in [0.717, 1.165) is 15.6 Å². The third kappa shape index (κ3) is 2.94. The number of hydrogen-bond acceptors (Lipinski definition) is 6. The van der Waals surface area contributed by atoms with Gasteiger partial charge in [-0.3, -0.25) is 9.78 Å². The quantitative estimate of drug-likeness (QED) is 0.515. The number of nitrogens with zero attached hydrogens (tertiary/aromatic N) is 4. The molecule has 0 bridgehead atoms. The monoisotopic (exact) mass is 414 g/mol. The molecule has 0 radical (unpaired) electrons. The first kappa shape index (κ1) is 15.9. The van der Waals surface area contributed by atoms with E-state index in [1.54, 1.807) is 25.6 Å². The van der Waals surface area contributed by atoms with E-state index in [1.165, 1.54) is 15.9 Å². The summed E-state index contributed by atoms with van der Waals surface area (Å²) in [5.74, 6) is 1.21. The molecule has 0 fully saturated rings. The van der Waals surface area contributed by atoms with Crippen LogP contribution in [0.4, 0.5) is 0 Å². The third-order valence-corrected chi connectivity index (χ3v) is 5.05. The second-order valence-corrected chi connectivity index (χ2v) is 7.09. The SMILES string of the molecule is COc1ccc(Br)cc1/C=c1\sc2nc(-c3ccncc3)nn2c1=O. The molecule has 25 heavy (non-hydrogen) atoms. The molecule has 0 saturated heterocycles. The number of hydrogen-bond donors (Lipinski definition) is 0. The number of methoxy groups -OCH3 is 1. The highest BCUT2D eigenvalue weighted by Gasteiger charge is 2.12. The number of pyridine rings is 1. The van der Waals surface area contributed by atoms with Crippen molar-refractivity contribution in [2.75, 3.05) is 7.11 Å². The average Bonchev–Trinajstić information content (AvgIpc) is 3.16. The topological polar surface area (TPSA) is 69.4 Å². The van der Waals surface area contributed by atoms with Crippen LogP contribution >= 0.6 is 27.3 Å². The van der Waals surface area contributed by atoms with Crippen molar-refractivity contribution in [3.8, 4) is 17.1 Å². The summed E-state index contributed by atoms with van der Waals surface area (Å²) in [6, 6.07) is 9.25. The zero-order valence-corrected chi connectivity index (χ0v) is 15.4. The molecular weight excluding hydrogens is 404 g/mol. The number of rotatable bonds is 3. The zero-order valence-electron chi connectivity index (χ0n) is 13.0. The molecule has 1 aromatic carbocycles. The molecule has 8 heteroatoms. The number of ether oxygens (including phenoxy) is 1. The Labute approximate surface area is 154 Å². The predicted octanol–water partition coefficient (Wildman–Crippen LogP) is 2.53. The van der Waals surface area contributed by atoms with E-state index in [2.05, 4.69) is 31.0 Å². The van der Waals surface area contributed by atoms with Crippen LogP contribution in [-0.2, 0) is 0 Å². The van der Waals surface area contributed by atoms with Gasteiger partial charge in [-0.25, -0.2) is 0 Å².